The highest BCUT2D eigenvalue weighted by atomic mass is 32.2. The summed E-state index contributed by atoms with van der Waals surface area (Å²) >= 11 is 1.35. The monoisotopic (exact) mass is 338 g/mol. The van der Waals surface area contributed by atoms with Gasteiger partial charge in [-0.25, -0.2) is 4.99 Å². The highest BCUT2D eigenvalue weighted by Gasteiger charge is 2.23. The molecule has 1 aliphatic rings. The molecule has 0 spiro atoms. The molecule has 0 saturated carbocycles. The molecule has 1 aliphatic heterocycles. The van der Waals surface area contributed by atoms with Crippen molar-refractivity contribution >= 4 is 34.6 Å². The van der Waals surface area contributed by atoms with Crippen molar-refractivity contribution in [2.24, 2.45) is 4.99 Å². The van der Waals surface area contributed by atoms with Crippen molar-refractivity contribution in [2.75, 3.05) is 7.11 Å². The maximum Gasteiger partial charge on any atom is 0.264 e. The molecule has 0 radical (unpaired) electrons. The number of carbonyl (C=O) groups excluding carboxylic acids is 1. The van der Waals surface area contributed by atoms with E-state index in [1.165, 1.54) is 11.8 Å². The third-order valence-electron chi connectivity index (χ3n) is 3.50. The Labute approximate surface area is 145 Å². The summed E-state index contributed by atoms with van der Waals surface area (Å²) in [7, 11) is 1.63. The molecular formula is C19H18N2O2S. The van der Waals surface area contributed by atoms with Crippen molar-refractivity contribution in [3.63, 3.8) is 0 Å². The molecule has 1 amide bonds. The first-order valence-corrected chi connectivity index (χ1v) is 8.37. The Balaban J connectivity index is 1.81. The molecule has 5 heteroatoms. The van der Waals surface area contributed by atoms with Gasteiger partial charge in [-0.15, -0.1) is 0 Å². The average molecular weight is 338 g/mol. The molecular weight excluding hydrogens is 320 g/mol. The van der Waals surface area contributed by atoms with E-state index in [0.717, 1.165) is 28.1 Å². The van der Waals surface area contributed by atoms with Crippen molar-refractivity contribution in [2.45, 2.75) is 13.8 Å². The van der Waals surface area contributed by atoms with Gasteiger partial charge in [0.2, 0.25) is 0 Å². The lowest BCUT2D eigenvalue weighted by molar-refractivity contribution is -0.115. The van der Waals surface area contributed by atoms with Gasteiger partial charge >= 0.3 is 0 Å². The van der Waals surface area contributed by atoms with Gasteiger partial charge in [0.05, 0.1) is 17.7 Å². The fourth-order valence-electron chi connectivity index (χ4n) is 2.46. The topological polar surface area (TPSA) is 50.7 Å². The summed E-state index contributed by atoms with van der Waals surface area (Å²) in [4.78, 5) is 17.3. The molecule has 1 fully saturated rings. The minimum atomic E-state index is -0.126. The molecule has 2 aromatic rings. The summed E-state index contributed by atoms with van der Waals surface area (Å²) in [5.41, 5.74) is 4.09. The Bertz CT molecular complexity index is 819. The smallest absolute Gasteiger partial charge is 0.264 e. The second-order valence-electron chi connectivity index (χ2n) is 5.60. The molecule has 1 saturated heterocycles. The largest absolute Gasteiger partial charge is 0.497 e. The van der Waals surface area contributed by atoms with Crippen molar-refractivity contribution in [3.05, 3.63) is 64.1 Å². The maximum absolute atomic E-state index is 12.1. The molecule has 1 N–H and O–H groups in total. The number of benzene rings is 2. The van der Waals surface area contributed by atoms with Crippen molar-refractivity contribution < 1.29 is 9.53 Å². The molecule has 122 valence electrons. The quantitative estimate of drug-likeness (QED) is 0.853. The van der Waals surface area contributed by atoms with Crippen LogP contribution in [0.2, 0.25) is 0 Å². The van der Waals surface area contributed by atoms with Crippen LogP contribution in [0.1, 0.15) is 16.7 Å². The highest BCUT2D eigenvalue weighted by Crippen LogP contribution is 2.29. The molecule has 24 heavy (non-hydrogen) atoms. The zero-order valence-corrected chi connectivity index (χ0v) is 14.6. The maximum atomic E-state index is 12.1. The van der Waals surface area contributed by atoms with Gasteiger partial charge in [0.15, 0.2) is 5.17 Å². The number of amidine groups is 1. The number of hydrogen-bond donors (Lipinski definition) is 1. The van der Waals surface area contributed by atoms with Gasteiger partial charge in [0, 0.05) is 0 Å². The zero-order chi connectivity index (χ0) is 17.1. The van der Waals surface area contributed by atoms with Crippen molar-refractivity contribution in [1.29, 1.82) is 0 Å². The number of carbonyl (C=O) groups is 1. The van der Waals surface area contributed by atoms with Crippen LogP contribution in [-0.2, 0) is 4.79 Å². The summed E-state index contributed by atoms with van der Waals surface area (Å²) in [6, 6.07) is 13.7. The fraction of sp³-hybridized carbons (Fsp3) is 0.158. The Kier molecular flexibility index (Phi) is 4.71. The van der Waals surface area contributed by atoms with Gasteiger partial charge in [-0.05, 0) is 72.6 Å². The van der Waals surface area contributed by atoms with Crippen molar-refractivity contribution in [1.82, 2.24) is 5.32 Å². The van der Waals surface area contributed by atoms with E-state index in [4.69, 9.17) is 4.74 Å². The first-order valence-electron chi connectivity index (χ1n) is 7.55. The van der Waals surface area contributed by atoms with E-state index in [9.17, 15) is 4.79 Å². The van der Waals surface area contributed by atoms with Gasteiger partial charge in [-0.3, -0.25) is 4.79 Å². The Morgan fingerprint density at radius 1 is 1.08 bits per heavy atom. The summed E-state index contributed by atoms with van der Waals surface area (Å²) in [6.45, 7) is 4.07. The lowest BCUT2D eigenvalue weighted by Gasteiger charge is -2.01. The summed E-state index contributed by atoms with van der Waals surface area (Å²) in [5, 5.41) is 3.42. The van der Waals surface area contributed by atoms with E-state index in [2.05, 4.69) is 16.4 Å². The van der Waals surface area contributed by atoms with Gasteiger partial charge < -0.3 is 10.1 Å². The van der Waals surface area contributed by atoms with Crippen LogP contribution in [0.3, 0.4) is 0 Å². The predicted octanol–water partition coefficient (Wildman–Crippen LogP) is 4.20. The standard InChI is InChI=1S/C19H18N2O2S/c1-12-8-13(2)10-15(9-12)20-19-21-18(22)17(24-19)11-14-4-6-16(23-3)7-5-14/h4-11H,1-3H3,(H,20,21,22)/b17-11+. The molecule has 3 rings (SSSR count). The van der Waals surface area contributed by atoms with E-state index >= 15 is 0 Å². The van der Waals surface area contributed by atoms with Crippen LogP contribution in [0.4, 0.5) is 5.69 Å². The van der Waals surface area contributed by atoms with E-state index in [1.807, 2.05) is 56.3 Å². The molecule has 2 aromatic carbocycles. The predicted molar refractivity (Wildman–Crippen MR) is 99.7 cm³/mol. The van der Waals surface area contributed by atoms with Crippen LogP contribution in [0.5, 0.6) is 5.75 Å². The first kappa shape index (κ1) is 16.3. The number of ether oxygens (including phenoxy) is 1. The number of nitrogens with zero attached hydrogens (tertiary/aromatic N) is 1. The number of thioether (sulfide) groups is 1. The molecule has 0 unspecified atom stereocenters. The molecule has 0 aliphatic carbocycles. The molecule has 4 nitrogen and oxygen atoms in total. The van der Waals surface area contributed by atoms with Gasteiger partial charge in [-0.2, -0.15) is 0 Å². The van der Waals surface area contributed by atoms with E-state index in [-0.39, 0.29) is 5.91 Å². The van der Waals surface area contributed by atoms with Crippen LogP contribution in [-0.4, -0.2) is 18.2 Å². The summed E-state index contributed by atoms with van der Waals surface area (Å²) < 4.78 is 5.14. The Morgan fingerprint density at radius 2 is 1.75 bits per heavy atom. The van der Waals surface area contributed by atoms with Crippen LogP contribution < -0.4 is 10.1 Å². The molecule has 0 aromatic heterocycles. The van der Waals surface area contributed by atoms with E-state index in [1.54, 1.807) is 7.11 Å². The lowest BCUT2D eigenvalue weighted by Crippen LogP contribution is -2.19. The van der Waals surface area contributed by atoms with Crippen LogP contribution in [0.25, 0.3) is 6.08 Å². The Hall–Kier alpha value is -2.53. The number of methoxy groups -OCH3 is 1. The third kappa shape index (κ3) is 3.86. The number of aliphatic imine (C=N–C) groups is 1. The highest BCUT2D eigenvalue weighted by molar-refractivity contribution is 8.18. The summed E-state index contributed by atoms with van der Waals surface area (Å²) in [5.74, 6) is 0.664. The third-order valence-corrected chi connectivity index (χ3v) is 4.41. The van der Waals surface area contributed by atoms with Crippen molar-refractivity contribution in [3.8, 4) is 5.75 Å². The van der Waals surface area contributed by atoms with E-state index in [0.29, 0.717) is 10.1 Å². The molecule has 0 bridgehead atoms. The average Bonchev–Trinajstić information content (AvgIpc) is 2.86. The number of rotatable bonds is 3. The molecule has 1 heterocycles. The second-order valence-corrected chi connectivity index (χ2v) is 6.63. The van der Waals surface area contributed by atoms with Crippen LogP contribution in [0, 0.1) is 13.8 Å². The minimum absolute atomic E-state index is 0.126. The van der Waals surface area contributed by atoms with Crippen LogP contribution in [0.15, 0.2) is 52.4 Å². The minimum Gasteiger partial charge on any atom is -0.497 e. The molecule has 0 atom stereocenters. The normalized spacial score (nSPS) is 17.4. The fourth-order valence-corrected chi connectivity index (χ4v) is 3.31. The zero-order valence-electron chi connectivity index (χ0n) is 13.8. The number of amides is 1. The Morgan fingerprint density at radius 3 is 2.38 bits per heavy atom. The van der Waals surface area contributed by atoms with Gasteiger partial charge in [0.1, 0.15) is 5.75 Å². The van der Waals surface area contributed by atoms with Crippen LogP contribution >= 0.6 is 11.8 Å². The summed E-state index contributed by atoms with van der Waals surface area (Å²) in [6.07, 6.45) is 1.85. The van der Waals surface area contributed by atoms with Gasteiger partial charge in [-0.1, -0.05) is 18.2 Å². The SMILES string of the molecule is COc1ccc(/C=C2/SC(=Nc3cc(C)cc(C)c3)NC2=O)cc1. The number of aryl methyl sites for hydroxylation is 2. The lowest BCUT2D eigenvalue weighted by atomic mass is 10.1. The number of nitrogens with one attached hydrogen (secondary N) is 1. The first-order chi connectivity index (χ1) is 11.5. The number of hydrogen-bond acceptors (Lipinski definition) is 4. The van der Waals surface area contributed by atoms with E-state index < -0.39 is 0 Å². The second kappa shape index (κ2) is 6.93. The van der Waals surface area contributed by atoms with Gasteiger partial charge in [0.25, 0.3) is 5.91 Å².